The SMILES string of the molecule is CCN1CCN(C(c2ccco2)c2sc3nc(C)nn3c2O)CC1. The lowest BCUT2D eigenvalue weighted by Crippen LogP contribution is -2.47. The van der Waals surface area contributed by atoms with Gasteiger partial charge in [0.15, 0.2) is 0 Å². The van der Waals surface area contributed by atoms with Crippen LogP contribution < -0.4 is 0 Å². The number of thiazole rings is 1. The Morgan fingerprint density at radius 2 is 2.12 bits per heavy atom. The quantitative estimate of drug-likeness (QED) is 0.780. The third-order valence-electron chi connectivity index (χ3n) is 4.59. The number of piperazine rings is 1. The number of aromatic nitrogens is 3. The van der Waals surface area contributed by atoms with E-state index in [-0.39, 0.29) is 11.9 Å². The summed E-state index contributed by atoms with van der Waals surface area (Å²) >= 11 is 1.48. The van der Waals surface area contributed by atoms with Crippen LogP contribution in [0.2, 0.25) is 0 Å². The molecule has 1 aliphatic heterocycles. The molecule has 4 rings (SSSR count). The van der Waals surface area contributed by atoms with Gasteiger partial charge in [-0.1, -0.05) is 18.3 Å². The normalized spacial score (nSPS) is 18.4. The maximum atomic E-state index is 10.7. The van der Waals surface area contributed by atoms with E-state index in [2.05, 4.69) is 26.8 Å². The van der Waals surface area contributed by atoms with Gasteiger partial charge in [-0.25, -0.2) is 4.98 Å². The Labute approximate surface area is 144 Å². The predicted molar refractivity (Wildman–Crippen MR) is 91.5 cm³/mol. The summed E-state index contributed by atoms with van der Waals surface area (Å²) in [6.45, 7) is 9.00. The molecule has 0 aromatic carbocycles. The summed E-state index contributed by atoms with van der Waals surface area (Å²) in [6, 6.07) is 3.76. The average molecular weight is 347 g/mol. The fourth-order valence-electron chi connectivity index (χ4n) is 3.29. The molecule has 0 amide bonds. The molecule has 0 radical (unpaired) electrons. The third kappa shape index (κ3) is 2.60. The van der Waals surface area contributed by atoms with Gasteiger partial charge in [0.05, 0.1) is 11.1 Å². The van der Waals surface area contributed by atoms with Crippen molar-refractivity contribution in [2.45, 2.75) is 19.9 Å². The van der Waals surface area contributed by atoms with Gasteiger partial charge < -0.3 is 14.4 Å². The number of furan rings is 1. The second kappa shape index (κ2) is 6.19. The fraction of sp³-hybridized carbons (Fsp3) is 0.500. The summed E-state index contributed by atoms with van der Waals surface area (Å²) in [7, 11) is 0. The average Bonchev–Trinajstić information content (AvgIpc) is 3.29. The minimum Gasteiger partial charge on any atom is -0.492 e. The van der Waals surface area contributed by atoms with E-state index in [1.54, 1.807) is 6.26 Å². The molecule has 0 saturated carbocycles. The van der Waals surface area contributed by atoms with Gasteiger partial charge in [-0.3, -0.25) is 4.90 Å². The van der Waals surface area contributed by atoms with Gasteiger partial charge in [0.2, 0.25) is 10.8 Å². The van der Waals surface area contributed by atoms with Crippen LogP contribution >= 0.6 is 11.3 Å². The Balaban J connectivity index is 1.72. The number of hydrogen-bond acceptors (Lipinski definition) is 7. The Morgan fingerprint density at radius 3 is 2.75 bits per heavy atom. The van der Waals surface area contributed by atoms with Crippen LogP contribution in [-0.2, 0) is 0 Å². The van der Waals surface area contributed by atoms with Gasteiger partial charge in [0.25, 0.3) is 0 Å². The first kappa shape index (κ1) is 15.6. The Kier molecular flexibility index (Phi) is 4.03. The zero-order valence-corrected chi connectivity index (χ0v) is 14.7. The molecule has 0 aliphatic carbocycles. The fourth-order valence-corrected chi connectivity index (χ4v) is 4.43. The van der Waals surface area contributed by atoms with E-state index in [1.807, 2.05) is 19.1 Å². The molecule has 1 N–H and O–H groups in total. The van der Waals surface area contributed by atoms with Gasteiger partial charge in [-0.05, 0) is 25.6 Å². The molecule has 3 aromatic rings. The minimum absolute atomic E-state index is 0.104. The predicted octanol–water partition coefficient (Wildman–Crippen LogP) is 2.12. The van der Waals surface area contributed by atoms with E-state index in [1.165, 1.54) is 15.9 Å². The molecule has 1 saturated heterocycles. The second-order valence-electron chi connectivity index (χ2n) is 6.03. The van der Waals surface area contributed by atoms with Crippen molar-refractivity contribution in [2.75, 3.05) is 32.7 Å². The number of hydrogen-bond donors (Lipinski definition) is 1. The first-order valence-electron chi connectivity index (χ1n) is 8.22. The highest BCUT2D eigenvalue weighted by molar-refractivity contribution is 7.17. The van der Waals surface area contributed by atoms with E-state index in [0.717, 1.165) is 43.4 Å². The summed E-state index contributed by atoms with van der Waals surface area (Å²) in [5.74, 6) is 1.67. The highest BCUT2D eigenvalue weighted by atomic mass is 32.1. The second-order valence-corrected chi connectivity index (χ2v) is 7.04. The molecular formula is C16H21N5O2S. The van der Waals surface area contributed by atoms with Gasteiger partial charge >= 0.3 is 0 Å². The Morgan fingerprint density at radius 1 is 1.33 bits per heavy atom. The molecule has 1 fully saturated rings. The van der Waals surface area contributed by atoms with E-state index < -0.39 is 0 Å². The number of aryl methyl sites for hydroxylation is 1. The molecule has 3 aromatic heterocycles. The van der Waals surface area contributed by atoms with Crippen LogP contribution in [0, 0.1) is 6.92 Å². The molecule has 1 unspecified atom stereocenters. The van der Waals surface area contributed by atoms with Crippen molar-refractivity contribution in [1.29, 1.82) is 0 Å². The molecule has 0 bridgehead atoms. The lowest BCUT2D eigenvalue weighted by Gasteiger charge is -2.37. The zero-order chi connectivity index (χ0) is 16.7. The van der Waals surface area contributed by atoms with Crippen molar-refractivity contribution in [3.8, 4) is 5.88 Å². The van der Waals surface area contributed by atoms with Crippen molar-refractivity contribution in [1.82, 2.24) is 24.4 Å². The van der Waals surface area contributed by atoms with Crippen molar-refractivity contribution in [3.05, 3.63) is 34.9 Å². The maximum Gasteiger partial charge on any atom is 0.230 e. The Bertz CT molecular complexity index is 817. The van der Waals surface area contributed by atoms with Gasteiger partial charge in [0.1, 0.15) is 17.6 Å². The van der Waals surface area contributed by atoms with E-state index in [9.17, 15) is 5.11 Å². The van der Waals surface area contributed by atoms with E-state index in [0.29, 0.717) is 10.8 Å². The van der Waals surface area contributed by atoms with Crippen LogP contribution in [0.5, 0.6) is 5.88 Å². The van der Waals surface area contributed by atoms with E-state index >= 15 is 0 Å². The molecular weight excluding hydrogens is 326 g/mol. The van der Waals surface area contributed by atoms with Crippen LogP contribution in [-0.4, -0.2) is 62.2 Å². The number of likely N-dealkylation sites (N-methyl/N-ethyl adjacent to an activating group) is 1. The van der Waals surface area contributed by atoms with Crippen LogP contribution in [0.25, 0.3) is 4.96 Å². The van der Waals surface area contributed by atoms with Crippen LogP contribution in [0.3, 0.4) is 0 Å². The highest BCUT2D eigenvalue weighted by Gasteiger charge is 2.33. The number of fused-ring (bicyclic) bond motifs is 1. The number of nitrogens with zero attached hydrogens (tertiary/aromatic N) is 5. The lowest BCUT2D eigenvalue weighted by molar-refractivity contribution is 0.105. The summed E-state index contributed by atoms with van der Waals surface area (Å²) in [5.41, 5.74) is 0. The molecule has 0 spiro atoms. The summed E-state index contributed by atoms with van der Waals surface area (Å²) in [6.07, 6.45) is 1.68. The van der Waals surface area contributed by atoms with Crippen LogP contribution in [0.4, 0.5) is 0 Å². The largest absolute Gasteiger partial charge is 0.492 e. The summed E-state index contributed by atoms with van der Waals surface area (Å²) in [5, 5.41) is 15.0. The summed E-state index contributed by atoms with van der Waals surface area (Å²) in [4.78, 5) is 10.7. The van der Waals surface area contributed by atoms with Gasteiger partial charge in [-0.2, -0.15) is 4.52 Å². The Hall–Kier alpha value is -1.90. The van der Waals surface area contributed by atoms with Crippen LogP contribution in [0.15, 0.2) is 22.8 Å². The number of rotatable bonds is 4. The van der Waals surface area contributed by atoms with Crippen molar-refractivity contribution in [2.24, 2.45) is 0 Å². The first-order chi connectivity index (χ1) is 11.7. The summed E-state index contributed by atoms with van der Waals surface area (Å²) < 4.78 is 7.22. The molecule has 7 nitrogen and oxygen atoms in total. The van der Waals surface area contributed by atoms with Gasteiger partial charge in [0, 0.05) is 26.2 Å². The highest BCUT2D eigenvalue weighted by Crippen LogP contribution is 2.40. The van der Waals surface area contributed by atoms with Crippen LogP contribution in [0.1, 0.15) is 29.4 Å². The standard InChI is InChI=1S/C16H21N5O2S/c1-3-19-6-8-20(9-7-19)13(12-5-4-10-23-12)14-15(22)21-16(24-14)17-11(2)18-21/h4-5,10,13,22H,3,6-9H2,1-2H3. The zero-order valence-electron chi connectivity index (χ0n) is 13.8. The monoisotopic (exact) mass is 347 g/mol. The molecule has 4 heterocycles. The van der Waals surface area contributed by atoms with E-state index in [4.69, 9.17) is 4.42 Å². The maximum absolute atomic E-state index is 10.7. The molecule has 1 atom stereocenters. The minimum atomic E-state index is -0.104. The molecule has 1 aliphatic rings. The van der Waals surface area contributed by atoms with Crippen molar-refractivity contribution in [3.63, 3.8) is 0 Å². The smallest absolute Gasteiger partial charge is 0.230 e. The molecule has 8 heteroatoms. The number of aromatic hydroxyl groups is 1. The lowest BCUT2D eigenvalue weighted by atomic mass is 10.1. The topological polar surface area (TPSA) is 70.0 Å². The molecule has 128 valence electrons. The van der Waals surface area contributed by atoms with Gasteiger partial charge in [-0.15, -0.1) is 5.10 Å². The first-order valence-corrected chi connectivity index (χ1v) is 9.04. The van der Waals surface area contributed by atoms with Crippen molar-refractivity contribution < 1.29 is 9.52 Å². The third-order valence-corrected chi connectivity index (χ3v) is 5.66. The van der Waals surface area contributed by atoms with Crippen molar-refractivity contribution >= 4 is 16.3 Å². The molecule has 24 heavy (non-hydrogen) atoms.